The number of nitrogens with one attached hydrogen (secondary N) is 1. The summed E-state index contributed by atoms with van der Waals surface area (Å²) in [7, 11) is 0. The molecule has 0 heterocycles. The maximum Gasteiger partial charge on any atom is 0.136 e. The van der Waals surface area contributed by atoms with Gasteiger partial charge in [-0.3, -0.25) is 0 Å². The van der Waals surface area contributed by atoms with Gasteiger partial charge < -0.3 is 5.32 Å². The van der Waals surface area contributed by atoms with Crippen LogP contribution >= 0.6 is 0 Å². The molecule has 1 aliphatic rings. The summed E-state index contributed by atoms with van der Waals surface area (Å²) in [4.78, 5) is 0. The van der Waals surface area contributed by atoms with Crippen LogP contribution in [0, 0.1) is 18.6 Å². The van der Waals surface area contributed by atoms with Crippen molar-refractivity contribution in [2.24, 2.45) is 0 Å². The van der Waals surface area contributed by atoms with Crippen LogP contribution in [0.5, 0.6) is 0 Å². The van der Waals surface area contributed by atoms with Crippen LogP contribution in [-0.4, -0.2) is 6.54 Å². The molecule has 0 saturated heterocycles. The van der Waals surface area contributed by atoms with Gasteiger partial charge in [0.2, 0.25) is 0 Å². The Morgan fingerprint density at radius 2 is 2.00 bits per heavy atom. The molecule has 110 valence electrons. The molecule has 2 aromatic carbocycles. The van der Waals surface area contributed by atoms with Gasteiger partial charge in [-0.2, -0.15) is 0 Å². The van der Waals surface area contributed by atoms with Crippen molar-refractivity contribution in [3.05, 3.63) is 58.7 Å². The van der Waals surface area contributed by atoms with E-state index in [1.807, 2.05) is 12.1 Å². The van der Waals surface area contributed by atoms with Gasteiger partial charge in [0.05, 0.1) is 5.56 Å². The molecular formula is C18H19F2N. The minimum atomic E-state index is -0.488. The molecule has 0 aliphatic heterocycles. The van der Waals surface area contributed by atoms with E-state index in [1.54, 1.807) is 6.92 Å². The third-order valence-electron chi connectivity index (χ3n) is 4.27. The Hall–Kier alpha value is -1.74. The Labute approximate surface area is 124 Å². The summed E-state index contributed by atoms with van der Waals surface area (Å²) >= 11 is 0. The van der Waals surface area contributed by atoms with Crippen LogP contribution in [0.1, 0.15) is 36.1 Å². The summed E-state index contributed by atoms with van der Waals surface area (Å²) in [6, 6.07) is 8.91. The minimum absolute atomic E-state index is 0.115. The fraction of sp³-hybridized carbons (Fsp3) is 0.333. The van der Waals surface area contributed by atoms with E-state index in [0.29, 0.717) is 17.2 Å². The van der Waals surface area contributed by atoms with Crippen molar-refractivity contribution in [3.63, 3.8) is 0 Å². The number of benzene rings is 2. The Morgan fingerprint density at radius 3 is 2.76 bits per heavy atom. The lowest BCUT2D eigenvalue weighted by molar-refractivity contribution is 0.549. The number of hydrogen-bond donors (Lipinski definition) is 1. The Kier molecular flexibility index (Phi) is 3.77. The topological polar surface area (TPSA) is 12.0 Å². The number of aryl methyl sites for hydroxylation is 1. The molecule has 0 bridgehead atoms. The fourth-order valence-corrected chi connectivity index (χ4v) is 3.25. The van der Waals surface area contributed by atoms with Gasteiger partial charge in [0.1, 0.15) is 11.6 Å². The van der Waals surface area contributed by atoms with Crippen molar-refractivity contribution >= 4 is 0 Å². The minimum Gasteiger partial charge on any atom is -0.310 e. The Morgan fingerprint density at radius 1 is 1.19 bits per heavy atom. The lowest BCUT2D eigenvalue weighted by atomic mass is 9.94. The Balaban J connectivity index is 2.16. The first-order chi connectivity index (χ1) is 10.1. The third kappa shape index (κ3) is 2.36. The lowest BCUT2D eigenvalue weighted by Gasteiger charge is -2.15. The second-order valence-electron chi connectivity index (χ2n) is 5.58. The van der Waals surface area contributed by atoms with Gasteiger partial charge in [-0.05, 0) is 54.6 Å². The SMILES string of the molecule is CCNC1CCc2c(-c3c(F)ccc(C)c3F)cccc21. The highest BCUT2D eigenvalue weighted by atomic mass is 19.1. The van der Waals surface area contributed by atoms with E-state index in [0.717, 1.165) is 24.9 Å². The van der Waals surface area contributed by atoms with Crippen LogP contribution in [0.2, 0.25) is 0 Å². The predicted octanol–water partition coefficient (Wildman–Crippen LogP) is 4.54. The number of fused-ring (bicyclic) bond motifs is 1. The van der Waals surface area contributed by atoms with Crippen LogP contribution in [0.4, 0.5) is 8.78 Å². The second-order valence-corrected chi connectivity index (χ2v) is 5.58. The molecule has 1 aliphatic carbocycles. The van der Waals surface area contributed by atoms with Gasteiger partial charge in [-0.1, -0.05) is 31.2 Å². The van der Waals surface area contributed by atoms with Gasteiger partial charge >= 0.3 is 0 Å². The van der Waals surface area contributed by atoms with Gasteiger partial charge in [-0.15, -0.1) is 0 Å². The molecule has 2 aromatic rings. The zero-order valence-electron chi connectivity index (χ0n) is 12.3. The summed E-state index contributed by atoms with van der Waals surface area (Å²) in [5.74, 6) is -0.936. The molecule has 0 spiro atoms. The highest BCUT2D eigenvalue weighted by molar-refractivity contribution is 5.71. The maximum absolute atomic E-state index is 14.4. The maximum atomic E-state index is 14.4. The highest BCUT2D eigenvalue weighted by Gasteiger charge is 2.26. The normalized spacial score (nSPS) is 17.0. The summed E-state index contributed by atoms with van der Waals surface area (Å²) in [6.45, 7) is 4.63. The Bertz CT molecular complexity index is 679. The third-order valence-corrected chi connectivity index (χ3v) is 4.27. The van der Waals surface area contributed by atoms with Crippen LogP contribution in [0.3, 0.4) is 0 Å². The summed E-state index contributed by atoms with van der Waals surface area (Å²) in [6.07, 6.45) is 1.84. The average Bonchev–Trinajstić information content (AvgIpc) is 2.88. The monoisotopic (exact) mass is 287 g/mol. The van der Waals surface area contributed by atoms with Crippen LogP contribution < -0.4 is 5.32 Å². The molecule has 0 fully saturated rings. The average molecular weight is 287 g/mol. The largest absolute Gasteiger partial charge is 0.310 e. The molecule has 1 atom stereocenters. The molecule has 1 N–H and O–H groups in total. The van der Waals surface area contributed by atoms with E-state index < -0.39 is 11.6 Å². The molecule has 0 aromatic heterocycles. The van der Waals surface area contributed by atoms with E-state index in [-0.39, 0.29) is 5.56 Å². The zero-order chi connectivity index (χ0) is 15.0. The zero-order valence-corrected chi connectivity index (χ0v) is 12.3. The van der Waals surface area contributed by atoms with E-state index in [9.17, 15) is 8.78 Å². The van der Waals surface area contributed by atoms with Crippen molar-refractivity contribution in [3.8, 4) is 11.1 Å². The van der Waals surface area contributed by atoms with E-state index in [2.05, 4.69) is 18.3 Å². The van der Waals surface area contributed by atoms with Crippen LogP contribution in [0.15, 0.2) is 30.3 Å². The molecule has 1 unspecified atom stereocenters. The second kappa shape index (κ2) is 5.57. The highest BCUT2D eigenvalue weighted by Crippen LogP contribution is 2.39. The fourth-order valence-electron chi connectivity index (χ4n) is 3.25. The van der Waals surface area contributed by atoms with Crippen molar-refractivity contribution in [2.45, 2.75) is 32.7 Å². The quantitative estimate of drug-likeness (QED) is 0.874. The van der Waals surface area contributed by atoms with Crippen molar-refractivity contribution in [1.29, 1.82) is 0 Å². The van der Waals surface area contributed by atoms with E-state index in [4.69, 9.17) is 0 Å². The van der Waals surface area contributed by atoms with Crippen molar-refractivity contribution in [2.75, 3.05) is 6.54 Å². The molecule has 0 radical (unpaired) electrons. The van der Waals surface area contributed by atoms with Crippen molar-refractivity contribution in [1.82, 2.24) is 5.32 Å². The lowest BCUT2D eigenvalue weighted by Crippen LogP contribution is -2.18. The summed E-state index contributed by atoms with van der Waals surface area (Å²) in [5, 5.41) is 3.43. The molecule has 1 nitrogen and oxygen atoms in total. The molecule has 0 amide bonds. The predicted molar refractivity (Wildman–Crippen MR) is 81.3 cm³/mol. The number of halogens is 2. The first-order valence-electron chi connectivity index (χ1n) is 7.43. The van der Waals surface area contributed by atoms with Gasteiger partial charge in [0.15, 0.2) is 0 Å². The molecule has 3 rings (SSSR count). The summed E-state index contributed by atoms with van der Waals surface area (Å²) in [5.41, 5.74) is 3.54. The standard InChI is InChI=1S/C18H19F2N/c1-3-21-16-10-8-12-13(16)5-4-6-14(12)17-15(19)9-7-11(2)18(17)20/h4-7,9,16,21H,3,8,10H2,1-2H3. The first-order valence-corrected chi connectivity index (χ1v) is 7.43. The van der Waals surface area contributed by atoms with Gasteiger partial charge in [-0.25, -0.2) is 8.78 Å². The molecule has 3 heteroatoms. The van der Waals surface area contributed by atoms with Crippen LogP contribution in [0.25, 0.3) is 11.1 Å². The molecular weight excluding hydrogens is 268 g/mol. The number of hydrogen-bond acceptors (Lipinski definition) is 1. The first kappa shape index (κ1) is 14.2. The van der Waals surface area contributed by atoms with Crippen LogP contribution in [-0.2, 0) is 6.42 Å². The number of rotatable bonds is 3. The van der Waals surface area contributed by atoms with Gasteiger partial charge in [0.25, 0.3) is 0 Å². The molecule has 21 heavy (non-hydrogen) atoms. The van der Waals surface area contributed by atoms with E-state index in [1.165, 1.54) is 17.7 Å². The summed E-state index contributed by atoms with van der Waals surface area (Å²) < 4.78 is 28.6. The van der Waals surface area contributed by atoms with Gasteiger partial charge in [0, 0.05) is 6.04 Å². The van der Waals surface area contributed by atoms with E-state index >= 15 is 0 Å². The molecule has 0 saturated carbocycles. The smallest absolute Gasteiger partial charge is 0.136 e. The van der Waals surface area contributed by atoms with Crippen molar-refractivity contribution < 1.29 is 8.78 Å².